The van der Waals surface area contributed by atoms with E-state index < -0.39 is 11.4 Å². The third-order valence-corrected chi connectivity index (χ3v) is 5.96. The van der Waals surface area contributed by atoms with Crippen LogP contribution in [-0.2, 0) is 23.1 Å². The second-order valence-electron chi connectivity index (χ2n) is 6.21. The van der Waals surface area contributed by atoms with E-state index in [1.165, 1.54) is 24.0 Å². The summed E-state index contributed by atoms with van der Waals surface area (Å²) in [6.07, 6.45) is 7.85. The summed E-state index contributed by atoms with van der Waals surface area (Å²) in [5.41, 5.74) is 2.72. The van der Waals surface area contributed by atoms with Gasteiger partial charge in [-0.05, 0) is 65.6 Å². The molecule has 0 amide bonds. The molecule has 1 N–H and O–H groups in total. The Balaban J connectivity index is 2.21. The van der Waals surface area contributed by atoms with Crippen LogP contribution in [0.2, 0.25) is 0 Å². The number of carbonyl (C=O) groups is 1. The van der Waals surface area contributed by atoms with Gasteiger partial charge < -0.3 is 9.84 Å². The Kier molecular flexibility index (Phi) is 4.00. The predicted molar refractivity (Wildman–Crippen MR) is 85.1 cm³/mol. The molecule has 0 bridgehead atoms. The summed E-state index contributed by atoms with van der Waals surface area (Å²) in [5.74, 6) is 0.0286. The number of methoxy groups -OCH3 is 1. The number of aryl methyl sites for hydroxylation is 1. The summed E-state index contributed by atoms with van der Waals surface area (Å²) in [6, 6.07) is 2.12. The first kappa shape index (κ1) is 14.9. The predicted octanol–water partition coefficient (Wildman–Crippen LogP) is 4.23. The number of aliphatic carboxylic acids is 1. The van der Waals surface area contributed by atoms with Crippen molar-refractivity contribution in [3.8, 4) is 5.75 Å². The first-order valence-electron chi connectivity index (χ1n) is 7.72. The second-order valence-corrected chi connectivity index (χ2v) is 7.00. The maximum absolute atomic E-state index is 12.0. The van der Waals surface area contributed by atoms with Crippen molar-refractivity contribution in [1.82, 2.24) is 0 Å². The van der Waals surface area contributed by atoms with E-state index in [2.05, 4.69) is 22.0 Å². The van der Waals surface area contributed by atoms with Crippen LogP contribution in [-0.4, -0.2) is 18.2 Å². The lowest BCUT2D eigenvalue weighted by atomic mass is 9.76. The van der Waals surface area contributed by atoms with Crippen LogP contribution in [0.3, 0.4) is 0 Å². The number of carboxylic acid groups (broad SMARTS) is 1. The van der Waals surface area contributed by atoms with Crippen LogP contribution >= 0.6 is 15.9 Å². The Morgan fingerprint density at radius 3 is 2.52 bits per heavy atom. The fourth-order valence-electron chi connectivity index (χ4n) is 3.97. The highest BCUT2D eigenvalue weighted by Gasteiger charge is 2.45. The molecule has 21 heavy (non-hydrogen) atoms. The van der Waals surface area contributed by atoms with Gasteiger partial charge in [-0.3, -0.25) is 4.79 Å². The molecule has 0 saturated heterocycles. The van der Waals surface area contributed by atoms with E-state index in [4.69, 9.17) is 4.74 Å². The van der Waals surface area contributed by atoms with Crippen molar-refractivity contribution in [1.29, 1.82) is 0 Å². The average molecular weight is 353 g/mol. The van der Waals surface area contributed by atoms with E-state index in [0.29, 0.717) is 12.8 Å². The van der Waals surface area contributed by atoms with Gasteiger partial charge in [0.2, 0.25) is 0 Å². The number of fused-ring (bicyclic) bond motifs is 1. The van der Waals surface area contributed by atoms with Gasteiger partial charge in [-0.1, -0.05) is 18.9 Å². The van der Waals surface area contributed by atoms with Crippen molar-refractivity contribution in [3.63, 3.8) is 0 Å². The van der Waals surface area contributed by atoms with Crippen LogP contribution in [0.1, 0.15) is 55.2 Å². The van der Waals surface area contributed by atoms with Gasteiger partial charge in [0.1, 0.15) is 5.75 Å². The van der Waals surface area contributed by atoms with Gasteiger partial charge in [-0.15, -0.1) is 0 Å². The molecule has 1 fully saturated rings. The van der Waals surface area contributed by atoms with E-state index in [-0.39, 0.29) is 0 Å². The maximum Gasteiger partial charge on any atom is 0.314 e. The van der Waals surface area contributed by atoms with E-state index >= 15 is 0 Å². The van der Waals surface area contributed by atoms with Crippen molar-refractivity contribution in [3.05, 3.63) is 27.2 Å². The molecule has 114 valence electrons. The summed E-state index contributed by atoms with van der Waals surface area (Å²) in [4.78, 5) is 12.0. The number of ether oxygens (including phenoxy) is 1. The minimum absolute atomic E-state index is 0.707. The molecule has 4 heteroatoms. The molecule has 0 unspecified atom stereocenters. The van der Waals surface area contributed by atoms with Crippen molar-refractivity contribution in [2.45, 2.75) is 56.8 Å². The Hall–Kier alpha value is -1.03. The molecule has 3 rings (SSSR count). The number of hydrogen-bond acceptors (Lipinski definition) is 2. The average Bonchev–Trinajstić information content (AvgIpc) is 2.98. The molecule has 1 aromatic rings. The van der Waals surface area contributed by atoms with Crippen LogP contribution in [0.5, 0.6) is 5.75 Å². The van der Waals surface area contributed by atoms with Gasteiger partial charge in [-0.2, -0.15) is 0 Å². The van der Waals surface area contributed by atoms with Crippen LogP contribution in [0, 0.1) is 0 Å². The zero-order chi connectivity index (χ0) is 15.0. The maximum atomic E-state index is 12.0. The highest BCUT2D eigenvalue weighted by molar-refractivity contribution is 9.10. The molecule has 0 spiro atoms. The largest absolute Gasteiger partial charge is 0.495 e. The normalized spacial score (nSPS) is 20.1. The molecule has 1 saturated carbocycles. The smallest absolute Gasteiger partial charge is 0.314 e. The van der Waals surface area contributed by atoms with E-state index in [0.717, 1.165) is 41.5 Å². The molecule has 0 heterocycles. The molecular weight excluding hydrogens is 332 g/mol. The first-order valence-corrected chi connectivity index (χ1v) is 8.51. The van der Waals surface area contributed by atoms with E-state index in [1.807, 2.05) is 0 Å². The standard InChI is InChI=1S/C17H21BrO3/c1-21-15-13(17(16(19)20)8-4-5-9-17)10-11-6-2-3-7-12(11)14(15)18/h10H,2-9H2,1H3,(H,19,20). The van der Waals surface area contributed by atoms with Crippen LogP contribution in [0.25, 0.3) is 0 Å². The Morgan fingerprint density at radius 1 is 1.24 bits per heavy atom. The Labute approximate surface area is 133 Å². The van der Waals surface area contributed by atoms with Gasteiger partial charge in [0.05, 0.1) is 17.0 Å². The fraction of sp³-hybridized carbons (Fsp3) is 0.588. The van der Waals surface area contributed by atoms with Gasteiger partial charge in [-0.25, -0.2) is 0 Å². The summed E-state index contributed by atoms with van der Waals surface area (Å²) in [6.45, 7) is 0. The van der Waals surface area contributed by atoms with Gasteiger partial charge in [0, 0.05) is 5.56 Å². The minimum Gasteiger partial charge on any atom is -0.495 e. The molecule has 3 nitrogen and oxygen atoms in total. The Bertz CT molecular complexity index is 574. The van der Waals surface area contributed by atoms with Crippen LogP contribution in [0.4, 0.5) is 0 Å². The van der Waals surface area contributed by atoms with Gasteiger partial charge in [0.25, 0.3) is 0 Å². The number of carboxylic acids is 1. The zero-order valence-corrected chi connectivity index (χ0v) is 14.0. The molecule has 0 aliphatic heterocycles. The van der Waals surface area contributed by atoms with Crippen molar-refractivity contribution < 1.29 is 14.6 Å². The molecule has 2 aliphatic carbocycles. The monoisotopic (exact) mass is 352 g/mol. The molecule has 1 aromatic carbocycles. The number of halogens is 1. The lowest BCUT2D eigenvalue weighted by Crippen LogP contribution is -2.33. The molecular formula is C17H21BrO3. The van der Waals surface area contributed by atoms with Crippen LogP contribution in [0.15, 0.2) is 10.5 Å². The summed E-state index contributed by atoms with van der Waals surface area (Å²) in [7, 11) is 1.64. The number of benzene rings is 1. The molecule has 2 aliphatic rings. The first-order chi connectivity index (χ1) is 10.1. The highest BCUT2D eigenvalue weighted by atomic mass is 79.9. The molecule has 0 radical (unpaired) electrons. The number of hydrogen-bond donors (Lipinski definition) is 1. The lowest BCUT2D eigenvalue weighted by Gasteiger charge is -2.30. The molecule has 0 atom stereocenters. The van der Waals surface area contributed by atoms with Gasteiger partial charge >= 0.3 is 5.97 Å². The summed E-state index contributed by atoms with van der Waals surface area (Å²) >= 11 is 3.68. The van der Waals surface area contributed by atoms with Crippen molar-refractivity contribution in [2.75, 3.05) is 7.11 Å². The van der Waals surface area contributed by atoms with Gasteiger partial charge in [0.15, 0.2) is 0 Å². The third kappa shape index (κ3) is 2.28. The zero-order valence-electron chi connectivity index (χ0n) is 12.4. The second kappa shape index (κ2) is 5.64. The van der Waals surface area contributed by atoms with E-state index in [1.54, 1.807) is 7.11 Å². The third-order valence-electron chi connectivity index (χ3n) is 5.12. The van der Waals surface area contributed by atoms with Crippen LogP contribution < -0.4 is 4.74 Å². The van der Waals surface area contributed by atoms with E-state index in [9.17, 15) is 9.90 Å². The molecule has 0 aromatic heterocycles. The topological polar surface area (TPSA) is 46.5 Å². The lowest BCUT2D eigenvalue weighted by molar-refractivity contribution is -0.143. The highest BCUT2D eigenvalue weighted by Crippen LogP contribution is 2.49. The SMILES string of the molecule is COc1c(C2(C(=O)O)CCCC2)cc2c(c1Br)CCCC2. The Morgan fingerprint density at radius 2 is 1.90 bits per heavy atom. The summed E-state index contributed by atoms with van der Waals surface area (Å²) in [5, 5.41) is 9.86. The quantitative estimate of drug-likeness (QED) is 0.885. The summed E-state index contributed by atoms with van der Waals surface area (Å²) < 4.78 is 6.60. The number of rotatable bonds is 3. The van der Waals surface area contributed by atoms with Crippen molar-refractivity contribution >= 4 is 21.9 Å². The van der Waals surface area contributed by atoms with Crippen molar-refractivity contribution in [2.24, 2.45) is 0 Å². The minimum atomic E-state index is -0.764. The fourth-order valence-corrected chi connectivity index (χ4v) is 4.79.